The summed E-state index contributed by atoms with van der Waals surface area (Å²) in [7, 11) is 0. The van der Waals surface area contributed by atoms with Crippen LogP contribution in [0.5, 0.6) is 0 Å². The number of aryl methyl sites for hydroxylation is 1. The summed E-state index contributed by atoms with van der Waals surface area (Å²) in [4.78, 5) is 8.62. The molecule has 2 rings (SSSR count). The quantitative estimate of drug-likeness (QED) is 0.605. The first-order valence-corrected chi connectivity index (χ1v) is 8.43. The number of benzene rings is 1. The van der Waals surface area contributed by atoms with Crippen LogP contribution in [0, 0.1) is 0 Å². The van der Waals surface area contributed by atoms with E-state index >= 15 is 0 Å². The summed E-state index contributed by atoms with van der Waals surface area (Å²) in [5.41, 5.74) is 7.79. The second-order valence-electron chi connectivity index (χ2n) is 5.38. The van der Waals surface area contributed by atoms with Gasteiger partial charge in [-0.15, -0.1) is 0 Å². The van der Waals surface area contributed by atoms with Crippen LogP contribution in [-0.4, -0.2) is 23.1 Å². The van der Waals surface area contributed by atoms with E-state index < -0.39 is 0 Å². The highest BCUT2D eigenvalue weighted by Gasteiger charge is 2.05. The van der Waals surface area contributed by atoms with Gasteiger partial charge in [0.05, 0.1) is 6.20 Å². The summed E-state index contributed by atoms with van der Waals surface area (Å²) in [5.74, 6) is 1.14. The molecule has 0 aliphatic carbocycles. The van der Waals surface area contributed by atoms with E-state index in [9.17, 15) is 0 Å². The van der Waals surface area contributed by atoms with Crippen molar-refractivity contribution in [3.8, 4) is 0 Å². The van der Waals surface area contributed by atoms with Crippen molar-refractivity contribution < 1.29 is 0 Å². The maximum atomic E-state index is 6.10. The first-order valence-electron chi connectivity index (χ1n) is 8.05. The van der Waals surface area contributed by atoms with Crippen molar-refractivity contribution in [2.45, 2.75) is 32.6 Å². The number of nitrogens with one attached hydrogen (secondary N) is 2. The van der Waals surface area contributed by atoms with Crippen molar-refractivity contribution >= 4 is 29.1 Å². The van der Waals surface area contributed by atoms with Gasteiger partial charge in [-0.1, -0.05) is 37.1 Å². The Morgan fingerprint density at radius 3 is 2.65 bits per heavy atom. The summed E-state index contributed by atoms with van der Waals surface area (Å²) in [5, 5.41) is 6.87. The van der Waals surface area contributed by atoms with Crippen molar-refractivity contribution in [1.82, 2.24) is 9.97 Å². The van der Waals surface area contributed by atoms with Crippen molar-refractivity contribution in [3.63, 3.8) is 0 Å². The van der Waals surface area contributed by atoms with E-state index in [1.54, 1.807) is 6.20 Å². The minimum atomic E-state index is 0.502. The average Bonchev–Trinajstić information content (AvgIpc) is 2.57. The minimum Gasteiger partial charge on any atom is -0.369 e. The van der Waals surface area contributed by atoms with Crippen LogP contribution in [-0.2, 0) is 6.42 Å². The fourth-order valence-electron chi connectivity index (χ4n) is 2.12. The van der Waals surface area contributed by atoms with Crippen LogP contribution in [0.2, 0.25) is 5.02 Å². The van der Waals surface area contributed by atoms with Gasteiger partial charge in [0.25, 0.3) is 0 Å². The molecule has 0 unspecified atom stereocenters. The van der Waals surface area contributed by atoms with Crippen LogP contribution in [0.3, 0.4) is 0 Å². The fraction of sp³-hybridized carbons (Fsp3) is 0.412. The van der Waals surface area contributed by atoms with Gasteiger partial charge in [0.1, 0.15) is 10.8 Å². The van der Waals surface area contributed by atoms with Gasteiger partial charge in [0.2, 0.25) is 5.95 Å². The zero-order valence-corrected chi connectivity index (χ0v) is 14.2. The Bertz CT molecular complexity index is 600. The molecule has 0 radical (unpaired) electrons. The van der Waals surface area contributed by atoms with Gasteiger partial charge in [0.15, 0.2) is 0 Å². The Hall–Kier alpha value is -1.85. The van der Waals surface area contributed by atoms with E-state index in [4.69, 9.17) is 17.3 Å². The summed E-state index contributed by atoms with van der Waals surface area (Å²) >= 11 is 6.10. The van der Waals surface area contributed by atoms with E-state index in [0.717, 1.165) is 25.1 Å². The van der Waals surface area contributed by atoms with Crippen molar-refractivity contribution in [3.05, 3.63) is 41.0 Å². The van der Waals surface area contributed by atoms with E-state index in [1.165, 1.54) is 18.4 Å². The molecular formula is C17H24ClN5. The van der Waals surface area contributed by atoms with Gasteiger partial charge >= 0.3 is 0 Å². The molecule has 0 saturated carbocycles. The lowest BCUT2D eigenvalue weighted by Gasteiger charge is -2.10. The molecule has 0 fully saturated rings. The average molecular weight is 334 g/mol. The summed E-state index contributed by atoms with van der Waals surface area (Å²) in [6, 6.07) is 8.36. The number of hydrogen-bond donors (Lipinski definition) is 3. The molecule has 23 heavy (non-hydrogen) atoms. The third kappa shape index (κ3) is 5.69. The molecule has 6 heteroatoms. The van der Waals surface area contributed by atoms with Crippen LogP contribution in [0.15, 0.2) is 30.5 Å². The Labute approximate surface area is 142 Å². The van der Waals surface area contributed by atoms with Gasteiger partial charge in [-0.2, -0.15) is 4.98 Å². The third-order valence-corrected chi connectivity index (χ3v) is 3.72. The highest BCUT2D eigenvalue weighted by atomic mass is 35.5. The number of nitrogens with two attached hydrogens (primary N) is 1. The molecular weight excluding hydrogens is 310 g/mol. The SMILES string of the molecule is CCCCc1ccc(Nc2ncc(Cl)c(NCCCN)n2)cc1. The number of halogens is 1. The van der Waals surface area contributed by atoms with Gasteiger partial charge in [-0.05, 0) is 43.5 Å². The van der Waals surface area contributed by atoms with E-state index in [2.05, 4.69) is 39.7 Å². The topological polar surface area (TPSA) is 75.9 Å². The summed E-state index contributed by atoms with van der Waals surface area (Å²) < 4.78 is 0. The monoisotopic (exact) mass is 333 g/mol. The second kappa shape index (κ2) is 9.33. The number of unbranched alkanes of at least 4 members (excludes halogenated alkanes) is 1. The molecule has 0 saturated heterocycles. The zero-order chi connectivity index (χ0) is 16.5. The van der Waals surface area contributed by atoms with E-state index in [0.29, 0.717) is 23.3 Å². The maximum absolute atomic E-state index is 6.10. The van der Waals surface area contributed by atoms with Crippen molar-refractivity contribution in [2.24, 2.45) is 5.73 Å². The van der Waals surface area contributed by atoms with Crippen molar-refractivity contribution in [1.29, 1.82) is 0 Å². The molecule has 1 aromatic heterocycles. The number of rotatable bonds is 9. The van der Waals surface area contributed by atoms with Gasteiger partial charge in [-0.25, -0.2) is 4.98 Å². The highest BCUT2D eigenvalue weighted by molar-refractivity contribution is 6.32. The van der Waals surface area contributed by atoms with Gasteiger partial charge in [0, 0.05) is 12.2 Å². The highest BCUT2D eigenvalue weighted by Crippen LogP contribution is 2.21. The number of aromatic nitrogens is 2. The normalized spacial score (nSPS) is 10.6. The Balaban J connectivity index is 2.00. The van der Waals surface area contributed by atoms with Gasteiger partial charge in [-0.3, -0.25) is 0 Å². The van der Waals surface area contributed by atoms with E-state index in [-0.39, 0.29) is 0 Å². The zero-order valence-electron chi connectivity index (χ0n) is 13.5. The molecule has 1 heterocycles. The molecule has 0 atom stereocenters. The van der Waals surface area contributed by atoms with Crippen molar-refractivity contribution in [2.75, 3.05) is 23.7 Å². The maximum Gasteiger partial charge on any atom is 0.229 e. The lowest BCUT2D eigenvalue weighted by Crippen LogP contribution is -2.10. The molecule has 0 aliphatic rings. The smallest absolute Gasteiger partial charge is 0.229 e. The summed E-state index contributed by atoms with van der Waals surface area (Å²) in [6.07, 6.45) is 5.99. The minimum absolute atomic E-state index is 0.502. The van der Waals surface area contributed by atoms with Crippen LogP contribution < -0.4 is 16.4 Å². The molecule has 0 amide bonds. The van der Waals surface area contributed by atoms with Gasteiger partial charge < -0.3 is 16.4 Å². The first-order chi connectivity index (χ1) is 11.2. The largest absolute Gasteiger partial charge is 0.369 e. The third-order valence-electron chi connectivity index (χ3n) is 3.45. The first kappa shape index (κ1) is 17.5. The molecule has 1 aromatic carbocycles. The number of hydrogen-bond acceptors (Lipinski definition) is 5. The van der Waals surface area contributed by atoms with Crippen LogP contribution >= 0.6 is 11.6 Å². The molecule has 2 aromatic rings. The van der Waals surface area contributed by atoms with Crippen LogP contribution in [0.25, 0.3) is 0 Å². The predicted molar refractivity (Wildman–Crippen MR) is 97.5 cm³/mol. The molecule has 4 N–H and O–H groups in total. The molecule has 124 valence electrons. The Morgan fingerprint density at radius 1 is 1.17 bits per heavy atom. The summed E-state index contributed by atoms with van der Waals surface area (Å²) in [6.45, 7) is 3.57. The van der Waals surface area contributed by atoms with Crippen LogP contribution in [0.4, 0.5) is 17.5 Å². The second-order valence-corrected chi connectivity index (χ2v) is 5.79. The standard InChI is InChI=1S/C17H24ClN5/c1-2-3-5-13-6-8-14(9-7-13)22-17-21-12-15(18)16(23-17)20-11-4-10-19/h6-9,12H,2-5,10-11,19H2,1H3,(H2,20,21,22,23). The Kier molecular flexibility index (Phi) is 7.10. The lowest BCUT2D eigenvalue weighted by atomic mass is 10.1. The number of nitrogens with zero attached hydrogens (tertiary/aromatic N) is 2. The molecule has 0 aliphatic heterocycles. The van der Waals surface area contributed by atoms with Crippen LogP contribution in [0.1, 0.15) is 31.7 Å². The lowest BCUT2D eigenvalue weighted by molar-refractivity contribution is 0.795. The number of anilines is 3. The Morgan fingerprint density at radius 2 is 1.96 bits per heavy atom. The molecule has 0 spiro atoms. The molecule has 5 nitrogen and oxygen atoms in total. The fourth-order valence-corrected chi connectivity index (χ4v) is 2.28. The predicted octanol–water partition coefficient (Wildman–Crippen LogP) is 3.98. The molecule has 0 bridgehead atoms. The van der Waals surface area contributed by atoms with E-state index in [1.807, 2.05) is 12.1 Å².